The van der Waals surface area contributed by atoms with E-state index >= 15 is 0 Å². The zero-order valence-electron chi connectivity index (χ0n) is 13.0. The molecular formula is C14H24N4O4Pt. The second kappa shape index (κ2) is 13.0. The van der Waals surface area contributed by atoms with Gasteiger partial charge in [0.05, 0.1) is 0 Å². The van der Waals surface area contributed by atoms with Crippen molar-refractivity contribution < 1.29 is 41.9 Å². The zero-order chi connectivity index (χ0) is 16.2. The fraction of sp³-hybridized carbons (Fsp3) is 0.714. The van der Waals surface area contributed by atoms with Crippen molar-refractivity contribution in [1.29, 1.82) is 0 Å². The predicted octanol–water partition coefficient (Wildman–Crippen LogP) is 3.22. The number of rotatable bonds is 0. The van der Waals surface area contributed by atoms with Crippen LogP contribution in [0.25, 0.3) is 0 Å². The molecule has 23 heavy (non-hydrogen) atoms. The molecule has 0 aromatic heterocycles. The van der Waals surface area contributed by atoms with Crippen molar-refractivity contribution in [1.82, 2.24) is 0 Å². The molecule has 2 fully saturated rings. The van der Waals surface area contributed by atoms with Crippen LogP contribution in [0.5, 0.6) is 0 Å². The Kier molecular flexibility index (Phi) is 12.2. The molecule has 2 rings (SSSR count). The molecular weight excluding hydrogens is 483 g/mol. The van der Waals surface area contributed by atoms with Gasteiger partial charge in [0.25, 0.3) is 0 Å². The summed E-state index contributed by atoms with van der Waals surface area (Å²) in [5.74, 6) is 0. The average Bonchev–Trinajstić information content (AvgIpc) is 2.94. The summed E-state index contributed by atoms with van der Waals surface area (Å²) < 4.78 is 0. The zero-order valence-corrected chi connectivity index (χ0v) is 15.2. The number of hydrogen-bond donors (Lipinski definition) is 4. The van der Waals surface area contributed by atoms with Crippen LogP contribution in [-0.4, -0.2) is 43.7 Å². The maximum absolute atomic E-state index is 8.51. The molecule has 9 heteroatoms. The van der Waals surface area contributed by atoms with Crippen LogP contribution in [0.4, 0.5) is 0 Å². The Morgan fingerprint density at radius 2 is 0.652 bits per heavy atom. The van der Waals surface area contributed by atoms with Crippen LogP contribution in [0.3, 0.4) is 0 Å². The molecule has 0 saturated heterocycles. The van der Waals surface area contributed by atoms with E-state index in [9.17, 15) is 0 Å². The van der Waals surface area contributed by atoms with Gasteiger partial charge in [-0.05, 0) is 51.4 Å². The number of oxime groups is 4. The van der Waals surface area contributed by atoms with E-state index in [1.165, 1.54) is 0 Å². The first-order valence-electron chi connectivity index (χ1n) is 7.61. The summed E-state index contributed by atoms with van der Waals surface area (Å²) in [6.45, 7) is 0. The molecule has 0 unspecified atom stereocenters. The van der Waals surface area contributed by atoms with E-state index in [4.69, 9.17) is 20.8 Å². The van der Waals surface area contributed by atoms with Gasteiger partial charge < -0.3 is 20.8 Å². The van der Waals surface area contributed by atoms with Crippen LogP contribution in [-0.2, 0) is 21.1 Å². The van der Waals surface area contributed by atoms with Gasteiger partial charge in [0.15, 0.2) is 0 Å². The molecule has 0 radical (unpaired) electrons. The summed E-state index contributed by atoms with van der Waals surface area (Å²) >= 11 is 0. The minimum Gasteiger partial charge on any atom is -0.411 e. The van der Waals surface area contributed by atoms with E-state index in [-0.39, 0.29) is 21.1 Å². The van der Waals surface area contributed by atoms with Crippen LogP contribution in [0.1, 0.15) is 64.2 Å². The Balaban J connectivity index is 0.000000403. The molecule has 0 aromatic rings. The Hall–Kier alpha value is -1.43. The standard InChI is InChI=1S/2C7H12N2O2.Pt/c2*10-8-6-4-2-1-3-5-7(6)9-11;/h2*10-11H,1-5H2;/b2*8-6+,9-7+;. The Bertz CT molecular complexity index is 382. The molecule has 0 aromatic carbocycles. The quantitative estimate of drug-likeness (QED) is 0.228. The van der Waals surface area contributed by atoms with Gasteiger partial charge in [0.1, 0.15) is 22.8 Å². The summed E-state index contributed by atoms with van der Waals surface area (Å²) in [6, 6.07) is 0. The van der Waals surface area contributed by atoms with E-state index in [1.54, 1.807) is 0 Å². The van der Waals surface area contributed by atoms with Gasteiger partial charge in [-0.3, -0.25) is 0 Å². The minimum absolute atomic E-state index is 0. The molecule has 0 aliphatic heterocycles. The van der Waals surface area contributed by atoms with Crippen LogP contribution < -0.4 is 0 Å². The van der Waals surface area contributed by atoms with Crippen molar-refractivity contribution in [2.75, 3.05) is 0 Å². The smallest absolute Gasteiger partial charge is 0.104 e. The van der Waals surface area contributed by atoms with Gasteiger partial charge >= 0.3 is 0 Å². The number of nitrogens with zero attached hydrogens (tertiary/aromatic N) is 4. The predicted molar refractivity (Wildman–Crippen MR) is 83.1 cm³/mol. The second-order valence-corrected chi connectivity index (χ2v) is 5.31. The van der Waals surface area contributed by atoms with Crippen molar-refractivity contribution in [3.05, 3.63) is 0 Å². The largest absolute Gasteiger partial charge is 0.411 e. The van der Waals surface area contributed by atoms with Crippen LogP contribution in [0.2, 0.25) is 0 Å². The third-order valence-corrected chi connectivity index (χ3v) is 3.80. The van der Waals surface area contributed by atoms with Gasteiger partial charge in [-0.15, -0.1) is 0 Å². The van der Waals surface area contributed by atoms with Crippen molar-refractivity contribution in [2.45, 2.75) is 64.2 Å². The van der Waals surface area contributed by atoms with Crippen molar-refractivity contribution in [2.24, 2.45) is 20.6 Å². The van der Waals surface area contributed by atoms with Gasteiger partial charge in [0.2, 0.25) is 0 Å². The summed E-state index contributed by atoms with van der Waals surface area (Å²) in [7, 11) is 0. The van der Waals surface area contributed by atoms with Gasteiger partial charge in [0, 0.05) is 21.1 Å². The first-order valence-corrected chi connectivity index (χ1v) is 7.61. The molecule has 0 heterocycles. The number of hydrogen-bond acceptors (Lipinski definition) is 8. The van der Waals surface area contributed by atoms with Crippen molar-refractivity contribution >= 4 is 22.8 Å². The van der Waals surface area contributed by atoms with Crippen molar-refractivity contribution in [3.63, 3.8) is 0 Å². The topological polar surface area (TPSA) is 130 Å². The molecule has 0 atom stereocenters. The summed E-state index contributed by atoms with van der Waals surface area (Å²) in [6.07, 6.45) is 9.14. The summed E-state index contributed by atoms with van der Waals surface area (Å²) in [5.41, 5.74) is 2.13. The first-order chi connectivity index (χ1) is 10.8. The Labute approximate surface area is 149 Å². The molecule has 0 amide bonds. The van der Waals surface area contributed by atoms with Crippen LogP contribution in [0, 0.1) is 0 Å². The summed E-state index contributed by atoms with van der Waals surface area (Å²) in [4.78, 5) is 0. The maximum Gasteiger partial charge on any atom is 0.104 e. The summed E-state index contributed by atoms with van der Waals surface area (Å²) in [5, 5.41) is 46.4. The van der Waals surface area contributed by atoms with Crippen molar-refractivity contribution in [3.8, 4) is 0 Å². The second-order valence-electron chi connectivity index (χ2n) is 5.31. The van der Waals surface area contributed by atoms with E-state index < -0.39 is 0 Å². The molecule has 134 valence electrons. The van der Waals surface area contributed by atoms with Crippen LogP contribution in [0.15, 0.2) is 20.6 Å². The van der Waals surface area contributed by atoms with E-state index in [0.717, 1.165) is 64.2 Å². The van der Waals surface area contributed by atoms with E-state index in [2.05, 4.69) is 20.6 Å². The molecule has 8 nitrogen and oxygen atoms in total. The third kappa shape index (κ3) is 7.59. The van der Waals surface area contributed by atoms with Gasteiger partial charge in [-0.1, -0.05) is 33.5 Å². The van der Waals surface area contributed by atoms with E-state index in [0.29, 0.717) is 22.8 Å². The maximum atomic E-state index is 8.51. The molecule has 2 aliphatic rings. The fourth-order valence-corrected chi connectivity index (χ4v) is 2.53. The Morgan fingerprint density at radius 1 is 0.435 bits per heavy atom. The SMILES string of the molecule is O/N=C1\CCCCC\C1=N/O.O/N=C1\CCCCC\C1=N/O.[Pt]. The molecule has 2 saturated carbocycles. The average molecular weight is 507 g/mol. The fourth-order valence-electron chi connectivity index (χ4n) is 2.53. The van der Waals surface area contributed by atoms with Crippen LogP contribution >= 0.6 is 0 Å². The molecule has 0 spiro atoms. The molecule has 2 aliphatic carbocycles. The van der Waals surface area contributed by atoms with Gasteiger partial charge in [-0.2, -0.15) is 0 Å². The first kappa shape index (κ1) is 21.6. The molecule has 4 N–H and O–H groups in total. The van der Waals surface area contributed by atoms with E-state index in [1.807, 2.05) is 0 Å². The van der Waals surface area contributed by atoms with Gasteiger partial charge in [-0.25, -0.2) is 0 Å². The normalized spacial score (nSPS) is 26.1. The monoisotopic (exact) mass is 507 g/mol. The Morgan fingerprint density at radius 3 is 0.826 bits per heavy atom. The minimum atomic E-state index is 0. The molecule has 0 bridgehead atoms. The third-order valence-electron chi connectivity index (χ3n) is 3.80.